The molecule has 1 unspecified atom stereocenters. The summed E-state index contributed by atoms with van der Waals surface area (Å²) in [5, 5.41) is 2.94. The average molecular weight is 392 g/mol. The van der Waals surface area contributed by atoms with Crippen LogP contribution in [0.25, 0.3) is 0 Å². The lowest BCUT2D eigenvalue weighted by molar-refractivity contribution is -0.122. The monoisotopic (exact) mass is 392 g/mol. The van der Waals surface area contributed by atoms with Crippen LogP contribution in [-0.4, -0.2) is 27.1 Å². The summed E-state index contributed by atoms with van der Waals surface area (Å²) in [5.74, 6) is -0.657. The number of halogens is 1. The van der Waals surface area contributed by atoms with Crippen LogP contribution in [0, 0.1) is 5.82 Å². The summed E-state index contributed by atoms with van der Waals surface area (Å²) in [5.41, 5.74) is 2.40. The Morgan fingerprint density at radius 2 is 1.70 bits per heavy atom. The molecule has 0 radical (unpaired) electrons. The van der Waals surface area contributed by atoms with Crippen molar-refractivity contribution < 1.29 is 17.6 Å². The number of rotatable bonds is 9. The van der Waals surface area contributed by atoms with Crippen molar-refractivity contribution in [1.82, 2.24) is 5.32 Å². The fraction of sp³-hybridized carbons (Fsp3) is 0.350. The van der Waals surface area contributed by atoms with Gasteiger partial charge >= 0.3 is 0 Å². The summed E-state index contributed by atoms with van der Waals surface area (Å²) in [6.45, 7) is 2.47. The van der Waals surface area contributed by atoms with Crippen molar-refractivity contribution in [3.05, 3.63) is 65.5 Å². The van der Waals surface area contributed by atoms with Crippen LogP contribution in [0.1, 0.15) is 36.8 Å². The van der Waals surface area contributed by atoms with E-state index in [1.165, 1.54) is 12.1 Å². The molecule has 2 rings (SSSR count). The Balaban J connectivity index is 1.80. The van der Waals surface area contributed by atoms with Crippen LogP contribution in [0.4, 0.5) is 10.1 Å². The number of carbonyl (C=O) groups excluding carboxylic acids is 1. The molecule has 0 aromatic heterocycles. The largest absolute Gasteiger partial charge is 0.356 e. The molecule has 0 bridgehead atoms. The number of nitrogens with one attached hydrogen (secondary N) is 2. The van der Waals surface area contributed by atoms with E-state index in [0.717, 1.165) is 30.2 Å². The van der Waals surface area contributed by atoms with Crippen LogP contribution in [0.5, 0.6) is 0 Å². The minimum atomic E-state index is -3.27. The fourth-order valence-corrected chi connectivity index (χ4v) is 3.41. The third-order valence-corrected chi connectivity index (χ3v) is 4.80. The van der Waals surface area contributed by atoms with Gasteiger partial charge in [-0.3, -0.25) is 9.52 Å². The second kappa shape index (κ2) is 9.50. The van der Waals surface area contributed by atoms with Gasteiger partial charge in [0.1, 0.15) is 5.82 Å². The normalized spacial score (nSPS) is 12.4. The van der Waals surface area contributed by atoms with E-state index in [0.29, 0.717) is 18.7 Å². The number of hydrogen-bond acceptors (Lipinski definition) is 3. The molecular formula is C20H25FN2O3S. The molecule has 5 nitrogen and oxygen atoms in total. The van der Waals surface area contributed by atoms with Crippen molar-refractivity contribution >= 4 is 21.6 Å². The van der Waals surface area contributed by atoms with Crippen LogP contribution in [-0.2, 0) is 21.2 Å². The lowest BCUT2D eigenvalue weighted by atomic mass is 9.95. The summed E-state index contributed by atoms with van der Waals surface area (Å²) in [7, 11) is -3.27. The minimum absolute atomic E-state index is 0.0585. The van der Waals surface area contributed by atoms with Crippen LogP contribution < -0.4 is 10.0 Å². The molecule has 0 aliphatic heterocycles. The van der Waals surface area contributed by atoms with Gasteiger partial charge in [-0.05, 0) is 54.7 Å². The molecular weight excluding hydrogens is 367 g/mol. The van der Waals surface area contributed by atoms with Crippen molar-refractivity contribution in [3.8, 4) is 0 Å². The first-order valence-corrected chi connectivity index (χ1v) is 10.8. The number of aryl methyl sites for hydroxylation is 1. The third kappa shape index (κ3) is 7.02. The molecule has 0 aliphatic rings. The third-order valence-electron chi connectivity index (χ3n) is 4.20. The second-order valence-corrected chi connectivity index (χ2v) is 8.23. The van der Waals surface area contributed by atoms with Crippen LogP contribution in [0.15, 0.2) is 48.5 Å². The van der Waals surface area contributed by atoms with E-state index in [4.69, 9.17) is 0 Å². The first kappa shape index (κ1) is 20.9. The van der Waals surface area contributed by atoms with Gasteiger partial charge in [0.2, 0.25) is 15.9 Å². The standard InChI is InChI=1S/C20H25FN2O3S/c1-3-19(16-8-10-17(21)11-9-16)20(24)22-14-4-5-15-6-12-18(13-7-15)23-27(2,25)26/h6-13,19,23H,3-5,14H2,1-2H3,(H,22,24). The van der Waals surface area contributed by atoms with Crippen LogP contribution >= 0.6 is 0 Å². The van der Waals surface area contributed by atoms with Gasteiger partial charge < -0.3 is 5.32 Å². The summed E-state index contributed by atoms with van der Waals surface area (Å²) in [4.78, 5) is 12.4. The zero-order valence-corrected chi connectivity index (χ0v) is 16.4. The highest BCUT2D eigenvalue weighted by Gasteiger charge is 2.18. The predicted molar refractivity (Wildman–Crippen MR) is 106 cm³/mol. The molecule has 2 aromatic carbocycles. The average Bonchev–Trinajstić information content (AvgIpc) is 2.61. The molecule has 0 fully saturated rings. The molecule has 0 heterocycles. The Kier molecular flexibility index (Phi) is 7.36. The topological polar surface area (TPSA) is 75.3 Å². The highest BCUT2D eigenvalue weighted by atomic mass is 32.2. The molecule has 0 saturated carbocycles. The summed E-state index contributed by atoms with van der Waals surface area (Å²) in [6, 6.07) is 13.2. The van der Waals surface area contributed by atoms with Crippen LogP contribution in [0.3, 0.4) is 0 Å². The maximum absolute atomic E-state index is 13.0. The van der Waals surface area contributed by atoms with Gasteiger partial charge in [-0.25, -0.2) is 12.8 Å². The Morgan fingerprint density at radius 3 is 2.26 bits per heavy atom. The van der Waals surface area contributed by atoms with Gasteiger partial charge in [0.25, 0.3) is 0 Å². The highest BCUT2D eigenvalue weighted by molar-refractivity contribution is 7.92. The van der Waals surface area contributed by atoms with E-state index in [1.54, 1.807) is 24.3 Å². The van der Waals surface area contributed by atoms with E-state index in [2.05, 4.69) is 10.0 Å². The van der Waals surface area contributed by atoms with Gasteiger partial charge in [0.05, 0.1) is 12.2 Å². The molecule has 2 N–H and O–H groups in total. The molecule has 1 atom stereocenters. The van der Waals surface area contributed by atoms with Crippen molar-refractivity contribution in [3.63, 3.8) is 0 Å². The first-order valence-electron chi connectivity index (χ1n) is 8.88. The minimum Gasteiger partial charge on any atom is -0.356 e. The molecule has 7 heteroatoms. The molecule has 2 aromatic rings. The van der Waals surface area contributed by atoms with Gasteiger partial charge in [-0.15, -0.1) is 0 Å². The fourth-order valence-electron chi connectivity index (χ4n) is 2.85. The van der Waals surface area contributed by atoms with Gasteiger partial charge in [-0.2, -0.15) is 0 Å². The molecule has 27 heavy (non-hydrogen) atoms. The second-order valence-electron chi connectivity index (χ2n) is 6.48. The quantitative estimate of drug-likeness (QED) is 0.642. The Morgan fingerprint density at radius 1 is 1.07 bits per heavy atom. The number of sulfonamides is 1. The smallest absolute Gasteiger partial charge is 0.229 e. The van der Waals surface area contributed by atoms with E-state index >= 15 is 0 Å². The Labute approximate surface area is 160 Å². The lowest BCUT2D eigenvalue weighted by Gasteiger charge is -2.15. The van der Waals surface area contributed by atoms with Crippen molar-refractivity contribution in [2.75, 3.05) is 17.5 Å². The summed E-state index contributed by atoms with van der Waals surface area (Å²) in [6.07, 6.45) is 3.29. The predicted octanol–water partition coefficient (Wildman–Crippen LogP) is 3.44. The highest BCUT2D eigenvalue weighted by Crippen LogP contribution is 2.20. The number of carbonyl (C=O) groups is 1. The van der Waals surface area contributed by atoms with Gasteiger partial charge in [0.15, 0.2) is 0 Å². The number of hydrogen-bond donors (Lipinski definition) is 2. The number of anilines is 1. The van der Waals surface area contributed by atoms with E-state index < -0.39 is 10.0 Å². The van der Waals surface area contributed by atoms with E-state index in [9.17, 15) is 17.6 Å². The first-order chi connectivity index (χ1) is 12.8. The molecule has 1 amide bonds. The Hall–Kier alpha value is -2.41. The molecule has 0 spiro atoms. The Bertz CT molecular complexity index is 850. The van der Waals surface area contributed by atoms with Gasteiger partial charge in [0, 0.05) is 12.2 Å². The maximum atomic E-state index is 13.0. The molecule has 146 valence electrons. The zero-order chi connectivity index (χ0) is 19.9. The summed E-state index contributed by atoms with van der Waals surface area (Å²) < 4.78 is 37.8. The number of amides is 1. The maximum Gasteiger partial charge on any atom is 0.229 e. The van der Waals surface area contributed by atoms with Crippen molar-refractivity contribution in [2.24, 2.45) is 0 Å². The van der Waals surface area contributed by atoms with Gasteiger partial charge in [-0.1, -0.05) is 31.2 Å². The van der Waals surface area contributed by atoms with E-state index in [-0.39, 0.29) is 17.6 Å². The molecule has 0 saturated heterocycles. The summed E-state index contributed by atoms with van der Waals surface area (Å²) >= 11 is 0. The SMILES string of the molecule is CCC(C(=O)NCCCc1ccc(NS(C)(=O)=O)cc1)c1ccc(F)cc1. The lowest BCUT2D eigenvalue weighted by Crippen LogP contribution is -2.30. The van der Waals surface area contributed by atoms with Crippen molar-refractivity contribution in [2.45, 2.75) is 32.1 Å². The van der Waals surface area contributed by atoms with E-state index in [1.807, 2.05) is 19.1 Å². The molecule has 0 aliphatic carbocycles. The zero-order valence-electron chi connectivity index (χ0n) is 15.5. The number of benzene rings is 2. The van der Waals surface area contributed by atoms with Crippen molar-refractivity contribution in [1.29, 1.82) is 0 Å². The van der Waals surface area contributed by atoms with Crippen LogP contribution in [0.2, 0.25) is 0 Å².